The summed E-state index contributed by atoms with van der Waals surface area (Å²) in [6, 6.07) is 14.4. The number of ether oxygens (including phenoxy) is 2. The summed E-state index contributed by atoms with van der Waals surface area (Å²) < 4.78 is 26.4. The van der Waals surface area contributed by atoms with E-state index in [1.165, 1.54) is 30.2 Å². The van der Waals surface area contributed by atoms with Crippen LogP contribution in [-0.2, 0) is 16.1 Å². The second-order valence-electron chi connectivity index (χ2n) is 8.92. The molecule has 4 atom stereocenters. The van der Waals surface area contributed by atoms with Gasteiger partial charge in [0.2, 0.25) is 0 Å². The van der Waals surface area contributed by atoms with Gasteiger partial charge in [-0.2, -0.15) is 0 Å². The number of hydrogen-bond donors (Lipinski definition) is 1. The molecule has 3 heterocycles. The average Bonchev–Trinajstić information content (AvgIpc) is 3.14. The summed E-state index contributed by atoms with van der Waals surface area (Å²) in [5.74, 6) is -2.92. The molecule has 2 aliphatic rings. The zero-order valence-corrected chi connectivity index (χ0v) is 19.8. The van der Waals surface area contributed by atoms with Gasteiger partial charge in [-0.05, 0) is 42.0 Å². The van der Waals surface area contributed by atoms with Crippen molar-refractivity contribution < 1.29 is 28.6 Å². The van der Waals surface area contributed by atoms with Gasteiger partial charge in [-0.1, -0.05) is 24.3 Å². The monoisotopic (exact) mass is 492 g/mol. The smallest absolute Gasteiger partial charge is 0.311 e. The fourth-order valence-electron chi connectivity index (χ4n) is 5.57. The lowest BCUT2D eigenvalue weighted by Crippen LogP contribution is -2.49. The van der Waals surface area contributed by atoms with Crippen LogP contribution in [0.3, 0.4) is 0 Å². The maximum atomic E-state index is 14.6. The number of benzene rings is 2. The molecule has 2 aromatic carbocycles. The number of aliphatic hydroxyl groups excluding tert-OH is 1. The van der Waals surface area contributed by atoms with E-state index in [0.717, 1.165) is 0 Å². The number of pyridine rings is 1. The van der Waals surface area contributed by atoms with Gasteiger partial charge >= 0.3 is 5.97 Å². The third kappa shape index (κ3) is 3.58. The molecular formula is C27H25FN2O6. The number of fused-ring (bicyclic) bond motifs is 4. The first kappa shape index (κ1) is 23.7. The molecule has 8 nitrogen and oxygen atoms in total. The molecule has 0 spiro atoms. The van der Waals surface area contributed by atoms with Crippen molar-refractivity contribution in [2.45, 2.75) is 18.6 Å². The Bertz CT molecular complexity index is 1400. The number of methoxy groups -OCH3 is 2. The quantitative estimate of drug-likeness (QED) is 0.550. The Morgan fingerprint density at radius 3 is 2.56 bits per heavy atom. The number of esters is 1. The minimum Gasteiger partial charge on any atom is -0.497 e. The number of halogens is 1. The van der Waals surface area contributed by atoms with Crippen molar-refractivity contribution in [2.75, 3.05) is 20.8 Å². The maximum Gasteiger partial charge on any atom is 0.311 e. The van der Waals surface area contributed by atoms with Crippen molar-refractivity contribution in [1.82, 2.24) is 9.47 Å². The predicted octanol–water partition coefficient (Wildman–Crippen LogP) is 2.64. The van der Waals surface area contributed by atoms with Crippen LogP contribution in [0, 0.1) is 17.7 Å². The number of carbonyl (C=O) groups is 2. The summed E-state index contributed by atoms with van der Waals surface area (Å²) in [4.78, 5) is 41.6. The molecule has 1 N–H and O–H groups in total. The van der Waals surface area contributed by atoms with E-state index in [2.05, 4.69) is 0 Å². The molecule has 186 valence electrons. The normalized spacial score (nSPS) is 22.2. The molecule has 36 heavy (non-hydrogen) atoms. The maximum absolute atomic E-state index is 14.6. The van der Waals surface area contributed by atoms with Crippen LogP contribution in [0.2, 0.25) is 0 Å². The van der Waals surface area contributed by atoms with Gasteiger partial charge in [0.25, 0.3) is 11.5 Å². The third-order valence-electron chi connectivity index (χ3n) is 7.24. The first-order chi connectivity index (χ1) is 17.4. The van der Waals surface area contributed by atoms with Crippen LogP contribution >= 0.6 is 0 Å². The van der Waals surface area contributed by atoms with Crippen molar-refractivity contribution in [1.29, 1.82) is 0 Å². The van der Waals surface area contributed by atoms with E-state index in [1.807, 2.05) is 0 Å². The van der Waals surface area contributed by atoms with Crippen LogP contribution in [0.25, 0.3) is 11.1 Å². The Hall–Kier alpha value is -3.98. The van der Waals surface area contributed by atoms with Gasteiger partial charge in [-0.25, -0.2) is 4.39 Å². The molecule has 0 unspecified atom stereocenters. The van der Waals surface area contributed by atoms with Crippen LogP contribution in [-0.4, -0.2) is 53.3 Å². The van der Waals surface area contributed by atoms with Gasteiger partial charge in [0.1, 0.15) is 11.6 Å². The largest absolute Gasteiger partial charge is 0.497 e. The summed E-state index contributed by atoms with van der Waals surface area (Å²) in [7, 11) is 2.78. The highest BCUT2D eigenvalue weighted by Crippen LogP contribution is 2.49. The number of hydrogen-bond acceptors (Lipinski definition) is 6. The minimum atomic E-state index is -0.920. The predicted molar refractivity (Wildman–Crippen MR) is 128 cm³/mol. The Morgan fingerprint density at radius 2 is 1.86 bits per heavy atom. The lowest BCUT2D eigenvalue weighted by atomic mass is 9.87. The Morgan fingerprint density at radius 1 is 1.08 bits per heavy atom. The Labute approximate surface area is 206 Å². The number of amides is 1. The molecule has 2 bridgehead atoms. The van der Waals surface area contributed by atoms with Gasteiger partial charge in [-0.15, -0.1) is 0 Å². The highest BCUT2D eigenvalue weighted by molar-refractivity contribution is 5.96. The van der Waals surface area contributed by atoms with Gasteiger partial charge in [0.15, 0.2) is 0 Å². The van der Waals surface area contributed by atoms with E-state index in [0.29, 0.717) is 22.6 Å². The second kappa shape index (κ2) is 9.23. The molecule has 2 aliphatic heterocycles. The van der Waals surface area contributed by atoms with Gasteiger partial charge in [0.05, 0.1) is 37.8 Å². The summed E-state index contributed by atoms with van der Waals surface area (Å²) in [5.41, 5.74) is 1.09. The number of aliphatic hydroxyl groups is 1. The Balaban J connectivity index is 1.67. The van der Waals surface area contributed by atoms with E-state index < -0.39 is 48.2 Å². The second-order valence-corrected chi connectivity index (χ2v) is 8.92. The molecule has 9 heteroatoms. The summed E-state index contributed by atoms with van der Waals surface area (Å²) >= 11 is 0. The van der Waals surface area contributed by atoms with E-state index in [-0.39, 0.29) is 17.7 Å². The van der Waals surface area contributed by atoms with E-state index in [1.54, 1.807) is 54.1 Å². The topological polar surface area (TPSA) is 98.1 Å². The number of aromatic nitrogens is 1. The zero-order valence-electron chi connectivity index (χ0n) is 19.8. The van der Waals surface area contributed by atoms with Gasteiger partial charge in [0, 0.05) is 30.3 Å². The molecule has 0 aliphatic carbocycles. The van der Waals surface area contributed by atoms with Gasteiger partial charge in [-0.3, -0.25) is 14.4 Å². The number of carbonyl (C=O) groups excluding carboxylic acids is 2. The van der Waals surface area contributed by atoms with Crippen LogP contribution in [0.5, 0.6) is 5.75 Å². The molecule has 1 fully saturated rings. The molecule has 3 aromatic rings. The highest BCUT2D eigenvalue weighted by Gasteiger charge is 2.58. The van der Waals surface area contributed by atoms with Crippen molar-refractivity contribution in [3.05, 3.63) is 88.1 Å². The van der Waals surface area contributed by atoms with Crippen molar-refractivity contribution >= 4 is 11.9 Å². The summed E-state index contributed by atoms with van der Waals surface area (Å²) in [6.45, 7) is -0.366. The molecule has 5 rings (SSSR count). The van der Waals surface area contributed by atoms with E-state index in [4.69, 9.17) is 9.47 Å². The van der Waals surface area contributed by atoms with Crippen molar-refractivity contribution in [3.63, 3.8) is 0 Å². The van der Waals surface area contributed by atoms with E-state index >= 15 is 0 Å². The van der Waals surface area contributed by atoms with E-state index in [9.17, 15) is 23.9 Å². The lowest BCUT2D eigenvalue weighted by Gasteiger charge is -2.38. The highest BCUT2D eigenvalue weighted by atomic mass is 19.1. The van der Waals surface area contributed by atoms with Gasteiger partial charge < -0.3 is 24.0 Å². The third-order valence-corrected chi connectivity index (χ3v) is 7.24. The fraction of sp³-hybridized carbons (Fsp3) is 0.296. The van der Waals surface area contributed by atoms with Crippen LogP contribution in [0.4, 0.5) is 4.39 Å². The van der Waals surface area contributed by atoms with Crippen molar-refractivity contribution in [2.24, 2.45) is 11.8 Å². The average molecular weight is 493 g/mol. The van der Waals surface area contributed by atoms with Crippen molar-refractivity contribution in [3.8, 4) is 16.9 Å². The van der Waals surface area contributed by atoms with Crippen LogP contribution in [0.15, 0.2) is 65.5 Å². The standard InChI is InChI=1S/C27H25FN2O6/c1-35-16-7-5-6-15(12-16)17-10-11-21-24-23(27(34)36-2)19(14-31)22(13-29(21)25(17)32)30(24)26(33)18-8-3-4-9-20(18)28/h3-12,19,22-24,31H,13-14H2,1-2H3/t19-,22-,23+,24+/m0/s1. The summed E-state index contributed by atoms with van der Waals surface area (Å²) in [6.07, 6.45) is 0. The first-order valence-electron chi connectivity index (χ1n) is 11.5. The molecule has 1 aromatic heterocycles. The molecule has 0 saturated carbocycles. The lowest BCUT2D eigenvalue weighted by molar-refractivity contribution is -0.148. The number of rotatable bonds is 5. The Kier molecular flexibility index (Phi) is 6.09. The molecule has 0 radical (unpaired) electrons. The number of nitrogens with zero attached hydrogens (tertiary/aromatic N) is 2. The zero-order chi connectivity index (χ0) is 25.6. The van der Waals surface area contributed by atoms with Crippen LogP contribution in [0.1, 0.15) is 22.1 Å². The minimum absolute atomic E-state index is 0.0430. The fourth-order valence-corrected chi connectivity index (χ4v) is 5.57. The molecular weight excluding hydrogens is 467 g/mol. The first-order valence-corrected chi connectivity index (χ1v) is 11.5. The van der Waals surface area contributed by atoms with Crippen LogP contribution < -0.4 is 10.3 Å². The molecule has 1 saturated heterocycles. The molecule has 1 amide bonds. The SMILES string of the molecule is COC(=O)[C@@H]1[C@@H](CO)[C@@H]2Cn3c(ccc(-c4cccc(OC)c4)c3=O)[C@H]1N2C(=O)c1ccccc1F. The summed E-state index contributed by atoms with van der Waals surface area (Å²) in [5, 5.41) is 10.3.